The average molecular weight is 237 g/mol. The van der Waals surface area contributed by atoms with Crippen LogP contribution in [0, 0.1) is 0 Å². The van der Waals surface area contributed by atoms with E-state index in [4.69, 9.17) is 15.2 Å². The SMILES string of the molecule is CC[C@H](N)c1ccc(OC(C)CCOC)cc1. The summed E-state index contributed by atoms with van der Waals surface area (Å²) in [5.74, 6) is 0.889. The Labute approximate surface area is 104 Å². The zero-order chi connectivity index (χ0) is 12.7. The molecule has 1 aromatic carbocycles. The summed E-state index contributed by atoms with van der Waals surface area (Å²) in [6.07, 6.45) is 2.01. The molecule has 3 heteroatoms. The van der Waals surface area contributed by atoms with Crippen LogP contribution in [0.5, 0.6) is 5.75 Å². The van der Waals surface area contributed by atoms with E-state index >= 15 is 0 Å². The Morgan fingerprint density at radius 1 is 1.24 bits per heavy atom. The molecule has 17 heavy (non-hydrogen) atoms. The van der Waals surface area contributed by atoms with Crippen molar-refractivity contribution in [3.63, 3.8) is 0 Å². The van der Waals surface area contributed by atoms with E-state index in [-0.39, 0.29) is 12.1 Å². The molecule has 3 nitrogen and oxygen atoms in total. The number of hydrogen-bond acceptors (Lipinski definition) is 3. The molecule has 1 rings (SSSR count). The largest absolute Gasteiger partial charge is 0.491 e. The first-order valence-corrected chi connectivity index (χ1v) is 6.18. The highest BCUT2D eigenvalue weighted by atomic mass is 16.5. The van der Waals surface area contributed by atoms with Gasteiger partial charge in [-0.3, -0.25) is 0 Å². The van der Waals surface area contributed by atoms with Crippen molar-refractivity contribution >= 4 is 0 Å². The van der Waals surface area contributed by atoms with Crippen LogP contribution in [-0.2, 0) is 4.74 Å². The molecule has 0 bridgehead atoms. The normalized spacial score (nSPS) is 14.4. The van der Waals surface area contributed by atoms with E-state index in [1.807, 2.05) is 31.2 Å². The van der Waals surface area contributed by atoms with E-state index in [0.29, 0.717) is 0 Å². The summed E-state index contributed by atoms with van der Waals surface area (Å²) in [6, 6.07) is 8.15. The van der Waals surface area contributed by atoms with Gasteiger partial charge in [-0.25, -0.2) is 0 Å². The summed E-state index contributed by atoms with van der Waals surface area (Å²) in [6.45, 7) is 4.85. The summed E-state index contributed by atoms with van der Waals surface area (Å²) < 4.78 is 10.8. The number of nitrogens with two attached hydrogens (primary N) is 1. The van der Waals surface area contributed by atoms with Crippen LogP contribution in [0.2, 0.25) is 0 Å². The molecule has 0 aliphatic rings. The van der Waals surface area contributed by atoms with Crippen molar-refractivity contribution in [1.29, 1.82) is 0 Å². The first-order chi connectivity index (χ1) is 8.17. The van der Waals surface area contributed by atoms with Crippen LogP contribution >= 0.6 is 0 Å². The predicted octanol–water partition coefficient (Wildman–Crippen LogP) is 2.90. The van der Waals surface area contributed by atoms with E-state index in [1.54, 1.807) is 7.11 Å². The van der Waals surface area contributed by atoms with E-state index in [0.717, 1.165) is 30.8 Å². The Hall–Kier alpha value is -1.06. The fourth-order valence-electron chi connectivity index (χ4n) is 1.60. The van der Waals surface area contributed by atoms with Crippen LogP contribution in [0.1, 0.15) is 38.3 Å². The van der Waals surface area contributed by atoms with Crippen molar-refractivity contribution in [2.45, 2.75) is 38.8 Å². The highest BCUT2D eigenvalue weighted by Gasteiger charge is 2.06. The third kappa shape index (κ3) is 4.75. The Morgan fingerprint density at radius 2 is 1.88 bits per heavy atom. The van der Waals surface area contributed by atoms with Gasteiger partial charge in [0.05, 0.1) is 6.10 Å². The number of hydrogen-bond donors (Lipinski definition) is 1. The monoisotopic (exact) mass is 237 g/mol. The van der Waals surface area contributed by atoms with Crippen LogP contribution in [0.3, 0.4) is 0 Å². The van der Waals surface area contributed by atoms with Crippen LogP contribution in [0.25, 0.3) is 0 Å². The standard InChI is InChI=1S/C14H23NO2/c1-4-14(15)12-5-7-13(8-6-12)17-11(2)9-10-16-3/h5-8,11,14H,4,9-10,15H2,1-3H3/t11?,14-/m0/s1. The molecule has 1 unspecified atom stereocenters. The maximum Gasteiger partial charge on any atom is 0.119 e. The average Bonchev–Trinajstić information content (AvgIpc) is 2.36. The number of rotatable bonds is 7. The van der Waals surface area contributed by atoms with Gasteiger partial charge in [-0.2, -0.15) is 0 Å². The second-order valence-electron chi connectivity index (χ2n) is 4.29. The zero-order valence-corrected chi connectivity index (χ0v) is 11.0. The Bertz CT molecular complexity index is 311. The molecule has 0 saturated heterocycles. The molecule has 0 amide bonds. The first-order valence-electron chi connectivity index (χ1n) is 6.18. The highest BCUT2D eigenvalue weighted by Crippen LogP contribution is 2.19. The van der Waals surface area contributed by atoms with Crippen molar-refractivity contribution in [3.05, 3.63) is 29.8 Å². The van der Waals surface area contributed by atoms with Gasteiger partial charge in [0.15, 0.2) is 0 Å². The molecule has 0 aromatic heterocycles. The minimum Gasteiger partial charge on any atom is -0.491 e. The smallest absolute Gasteiger partial charge is 0.119 e. The number of methoxy groups -OCH3 is 1. The van der Waals surface area contributed by atoms with Gasteiger partial charge in [-0.15, -0.1) is 0 Å². The molecule has 0 fully saturated rings. The molecule has 0 heterocycles. The lowest BCUT2D eigenvalue weighted by molar-refractivity contribution is 0.135. The van der Waals surface area contributed by atoms with Crippen LogP contribution in [0.15, 0.2) is 24.3 Å². The van der Waals surface area contributed by atoms with Gasteiger partial charge in [-0.1, -0.05) is 19.1 Å². The summed E-state index contributed by atoms with van der Waals surface area (Å²) in [5, 5.41) is 0. The maximum atomic E-state index is 5.95. The topological polar surface area (TPSA) is 44.5 Å². The zero-order valence-electron chi connectivity index (χ0n) is 11.0. The van der Waals surface area contributed by atoms with Gasteiger partial charge in [0.1, 0.15) is 5.75 Å². The van der Waals surface area contributed by atoms with Gasteiger partial charge in [0, 0.05) is 26.2 Å². The second kappa shape index (κ2) is 7.30. The van der Waals surface area contributed by atoms with Crippen molar-refractivity contribution < 1.29 is 9.47 Å². The van der Waals surface area contributed by atoms with Crippen molar-refractivity contribution in [2.24, 2.45) is 5.73 Å². The molecule has 96 valence electrons. The lowest BCUT2D eigenvalue weighted by Gasteiger charge is -2.15. The first kappa shape index (κ1) is 14.0. The molecule has 0 aliphatic carbocycles. The fraction of sp³-hybridized carbons (Fsp3) is 0.571. The van der Waals surface area contributed by atoms with Gasteiger partial charge in [0.25, 0.3) is 0 Å². The van der Waals surface area contributed by atoms with E-state index in [2.05, 4.69) is 6.92 Å². The van der Waals surface area contributed by atoms with Crippen molar-refractivity contribution in [3.8, 4) is 5.75 Å². The van der Waals surface area contributed by atoms with Crippen molar-refractivity contribution in [1.82, 2.24) is 0 Å². The number of ether oxygens (including phenoxy) is 2. The molecule has 0 radical (unpaired) electrons. The summed E-state index contributed by atoms with van der Waals surface area (Å²) >= 11 is 0. The highest BCUT2D eigenvalue weighted by molar-refractivity contribution is 5.29. The van der Waals surface area contributed by atoms with E-state index < -0.39 is 0 Å². The molecule has 1 aromatic rings. The molecule has 0 saturated carbocycles. The second-order valence-corrected chi connectivity index (χ2v) is 4.29. The minimum atomic E-state index is 0.120. The Morgan fingerprint density at radius 3 is 2.41 bits per heavy atom. The number of benzene rings is 1. The minimum absolute atomic E-state index is 0.120. The Kier molecular flexibility index (Phi) is 6.01. The van der Waals surface area contributed by atoms with Gasteiger partial charge < -0.3 is 15.2 Å². The summed E-state index contributed by atoms with van der Waals surface area (Å²) in [5.41, 5.74) is 7.11. The summed E-state index contributed by atoms with van der Waals surface area (Å²) in [4.78, 5) is 0. The van der Waals surface area contributed by atoms with Gasteiger partial charge in [0.2, 0.25) is 0 Å². The van der Waals surface area contributed by atoms with Crippen LogP contribution in [-0.4, -0.2) is 19.8 Å². The van der Waals surface area contributed by atoms with Crippen LogP contribution < -0.4 is 10.5 Å². The molecule has 2 atom stereocenters. The summed E-state index contributed by atoms with van der Waals surface area (Å²) in [7, 11) is 1.70. The predicted molar refractivity (Wildman–Crippen MR) is 70.2 cm³/mol. The van der Waals surface area contributed by atoms with Crippen molar-refractivity contribution in [2.75, 3.05) is 13.7 Å². The fourth-order valence-corrected chi connectivity index (χ4v) is 1.60. The van der Waals surface area contributed by atoms with Gasteiger partial charge in [-0.05, 0) is 31.0 Å². The van der Waals surface area contributed by atoms with Crippen LogP contribution in [0.4, 0.5) is 0 Å². The molecular weight excluding hydrogens is 214 g/mol. The van der Waals surface area contributed by atoms with Gasteiger partial charge >= 0.3 is 0 Å². The molecule has 0 spiro atoms. The lowest BCUT2D eigenvalue weighted by atomic mass is 10.1. The Balaban J connectivity index is 2.50. The lowest BCUT2D eigenvalue weighted by Crippen LogP contribution is -2.14. The molecule has 2 N–H and O–H groups in total. The molecule has 0 aliphatic heterocycles. The van der Waals surface area contributed by atoms with E-state index in [9.17, 15) is 0 Å². The molecular formula is C14H23NO2. The third-order valence-corrected chi connectivity index (χ3v) is 2.81. The third-order valence-electron chi connectivity index (χ3n) is 2.81. The quantitative estimate of drug-likeness (QED) is 0.793. The van der Waals surface area contributed by atoms with E-state index in [1.165, 1.54) is 0 Å². The maximum absolute atomic E-state index is 5.95.